The summed E-state index contributed by atoms with van der Waals surface area (Å²) in [5.41, 5.74) is 4.80. The maximum Gasteiger partial charge on any atom is -0.0162 e. The second-order valence-corrected chi connectivity index (χ2v) is 10.6. The number of hydrogen-bond acceptors (Lipinski definition) is 0. The molecule has 0 saturated carbocycles. The first-order valence-corrected chi connectivity index (χ1v) is 11.8. The Balaban J connectivity index is 3.06. The van der Waals surface area contributed by atoms with Gasteiger partial charge in [0, 0.05) is 0 Å². The van der Waals surface area contributed by atoms with E-state index in [1.54, 1.807) is 16.7 Å². The Bertz CT molecular complexity index is 465. The van der Waals surface area contributed by atoms with Crippen molar-refractivity contribution < 1.29 is 0 Å². The second kappa shape index (κ2) is 12.6. The van der Waals surface area contributed by atoms with Gasteiger partial charge in [-0.3, -0.25) is 0 Å². The quantitative estimate of drug-likeness (QED) is 0.324. The van der Waals surface area contributed by atoms with E-state index in [-0.39, 0.29) is 0 Å². The molecule has 0 spiro atoms. The van der Waals surface area contributed by atoms with Crippen LogP contribution < -0.4 is 0 Å². The molecule has 0 fully saturated rings. The van der Waals surface area contributed by atoms with Gasteiger partial charge in [-0.05, 0) is 84.8 Å². The normalized spacial score (nSPS) is 12.3. The molecule has 0 aromatic heterocycles. The molecule has 0 saturated heterocycles. The van der Waals surface area contributed by atoms with Crippen molar-refractivity contribution >= 4 is 0 Å². The molecular weight excluding hydrogens is 324 g/mol. The van der Waals surface area contributed by atoms with Crippen molar-refractivity contribution in [2.24, 2.45) is 23.7 Å². The zero-order valence-electron chi connectivity index (χ0n) is 19.8. The fourth-order valence-electron chi connectivity index (χ4n) is 3.77. The van der Waals surface area contributed by atoms with Gasteiger partial charge < -0.3 is 0 Å². The minimum Gasteiger partial charge on any atom is -0.0628 e. The fourth-order valence-corrected chi connectivity index (χ4v) is 3.77. The van der Waals surface area contributed by atoms with Crippen LogP contribution in [0.25, 0.3) is 0 Å². The predicted octanol–water partition coefficient (Wildman–Crippen LogP) is 8.82. The van der Waals surface area contributed by atoms with Crippen LogP contribution >= 0.6 is 0 Å². The van der Waals surface area contributed by atoms with E-state index in [1.807, 2.05) is 0 Å². The van der Waals surface area contributed by atoms with Crippen LogP contribution in [0.15, 0.2) is 18.2 Å². The Morgan fingerprint density at radius 3 is 1.19 bits per heavy atom. The molecule has 0 nitrogen and oxygen atoms in total. The van der Waals surface area contributed by atoms with Crippen molar-refractivity contribution in [2.45, 2.75) is 113 Å². The Morgan fingerprint density at radius 2 is 0.852 bits per heavy atom. The van der Waals surface area contributed by atoms with Crippen LogP contribution in [0, 0.1) is 23.7 Å². The molecule has 0 heterocycles. The maximum absolute atomic E-state index is 2.56. The van der Waals surface area contributed by atoms with E-state index in [0.717, 1.165) is 29.6 Å². The first kappa shape index (κ1) is 24.3. The van der Waals surface area contributed by atoms with Gasteiger partial charge in [-0.2, -0.15) is 0 Å². The minimum atomic E-state index is 0.742. The Morgan fingerprint density at radius 1 is 0.481 bits per heavy atom. The van der Waals surface area contributed by atoms with E-state index in [9.17, 15) is 0 Å². The largest absolute Gasteiger partial charge is 0.0628 e. The average molecular weight is 373 g/mol. The van der Waals surface area contributed by atoms with Gasteiger partial charge in [0.25, 0.3) is 0 Å². The van der Waals surface area contributed by atoms with Gasteiger partial charge in [-0.25, -0.2) is 0 Å². The summed E-state index contributed by atoms with van der Waals surface area (Å²) in [5.74, 6) is 3.91. The SMILES string of the molecule is CC(C)CCc1cc(CCC(C)C)cc(C(CCC(C)C)CCC(C)C)c1. The van der Waals surface area contributed by atoms with Crippen LogP contribution in [0.1, 0.15) is 117 Å². The van der Waals surface area contributed by atoms with Crippen LogP contribution in [0.5, 0.6) is 0 Å². The Labute approximate surface area is 171 Å². The summed E-state index contributed by atoms with van der Waals surface area (Å²) < 4.78 is 0. The summed E-state index contributed by atoms with van der Waals surface area (Å²) in [6.45, 7) is 18.9. The lowest BCUT2D eigenvalue weighted by atomic mass is 9.83. The molecule has 0 N–H and O–H groups in total. The van der Waals surface area contributed by atoms with Gasteiger partial charge in [0.2, 0.25) is 0 Å². The van der Waals surface area contributed by atoms with E-state index in [4.69, 9.17) is 0 Å². The first-order chi connectivity index (χ1) is 12.7. The number of benzene rings is 1. The van der Waals surface area contributed by atoms with E-state index in [1.165, 1.54) is 51.4 Å². The molecule has 27 heavy (non-hydrogen) atoms. The fraction of sp³-hybridized carbons (Fsp3) is 0.778. The number of aryl methyl sites for hydroxylation is 2. The minimum absolute atomic E-state index is 0.742. The topological polar surface area (TPSA) is 0 Å². The van der Waals surface area contributed by atoms with Crippen LogP contribution in [0.2, 0.25) is 0 Å². The summed E-state index contributed by atoms with van der Waals surface area (Å²) in [6, 6.07) is 7.63. The summed E-state index contributed by atoms with van der Waals surface area (Å²) >= 11 is 0. The third-order valence-electron chi connectivity index (χ3n) is 5.75. The van der Waals surface area contributed by atoms with Gasteiger partial charge in [-0.1, -0.05) is 86.4 Å². The summed E-state index contributed by atoms with van der Waals surface area (Å²) in [5, 5.41) is 0. The summed E-state index contributed by atoms with van der Waals surface area (Å²) in [6.07, 6.45) is 10.5. The molecule has 1 aromatic carbocycles. The van der Waals surface area contributed by atoms with Gasteiger partial charge in [-0.15, -0.1) is 0 Å². The Hall–Kier alpha value is -0.780. The molecule has 156 valence electrons. The molecule has 0 amide bonds. The lowest BCUT2D eigenvalue weighted by molar-refractivity contribution is 0.441. The second-order valence-electron chi connectivity index (χ2n) is 10.6. The van der Waals surface area contributed by atoms with Gasteiger partial charge in [0.05, 0.1) is 0 Å². The summed E-state index contributed by atoms with van der Waals surface area (Å²) in [4.78, 5) is 0. The standard InChI is InChI=1S/C27H48/c1-20(2)9-13-24-17-25(14-10-21(3)4)19-27(18-24)26(15-11-22(5)6)16-12-23(7)8/h17-23,26H,9-16H2,1-8H3. The maximum atomic E-state index is 2.56. The lowest BCUT2D eigenvalue weighted by Crippen LogP contribution is -2.06. The van der Waals surface area contributed by atoms with Gasteiger partial charge >= 0.3 is 0 Å². The van der Waals surface area contributed by atoms with Crippen molar-refractivity contribution in [3.05, 3.63) is 34.9 Å². The zero-order chi connectivity index (χ0) is 20.4. The van der Waals surface area contributed by atoms with E-state index in [2.05, 4.69) is 73.6 Å². The average Bonchev–Trinajstić information content (AvgIpc) is 2.57. The lowest BCUT2D eigenvalue weighted by Gasteiger charge is -2.22. The highest BCUT2D eigenvalue weighted by molar-refractivity contribution is 5.33. The Kier molecular flexibility index (Phi) is 11.4. The van der Waals surface area contributed by atoms with Crippen LogP contribution in [0.4, 0.5) is 0 Å². The molecule has 0 unspecified atom stereocenters. The third kappa shape index (κ3) is 11.0. The molecule has 0 aliphatic heterocycles. The smallest absolute Gasteiger partial charge is 0.0162 e. The number of rotatable bonds is 13. The van der Waals surface area contributed by atoms with Crippen molar-refractivity contribution in [2.75, 3.05) is 0 Å². The first-order valence-electron chi connectivity index (χ1n) is 11.8. The molecular formula is C27H48. The molecule has 1 rings (SSSR count). The molecule has 0 atom stereocenters. The molecule has 0 aliphatic carbocycles. The number of hydrogen-bond donors (Lipinski definition) is 0. The molecule has 0 bridgehead atoms. The molecule has 0 aliphatic rings. The monoisotopic (exact) mass is 372 g/mol. The zero-order valence-corrected chi connectivity index (χ0v) is 19.8. The summed E-state index contributed by atoms with van der Waals surface area (Å²) in [7, 11) is 0. The predicted molar refractivity (Wildman–Crippen MR) is 124 cm³/mol. The third-order valence-corrected chi connectivity index (χ3v) is 5.75. The van der Waals surface area contributed by atoms with Crippen molar-refractivity contribution in [1.29, 1.82) is 0 Å². The van der Waals surface area contributed by atoms with E-state index in [0.29, 0.717) is 0 Å². The van der Waals surface area contributed by atoms with Crippen molar-refractivity contribution in [3.63, 3.8) is 0 Å². The van der Waals surface area contributed by atoms with E-state index >= 15 is 0 Å². The highest BCUT2D eigenvalue weighted by Gasteiger charge is 2.15. The van der Waals surface area contributed by atoms with Crippen LogP contribution in [-0.4, -0.2) is 0 Å². The van der Waals surface area contributed by atoms with E-state index < -0.39 is 0 Å². The van der Waals surface area contributed by atoms with Gasteiger partial charge in [0.1, 0.15) is 0 Å². The highest BCUT2D eigenvalue weighted by atomic mass is 14.2. The van der Waals surface area contributed by atoms with Crippen molar-refractivity contribution in [1.82, 2.24) is 0 Å². The van der Waals surface area contributed by atoms with Crippen LogP contribution in [0.3, 0.4) is 0 Å². The van der Waals surface area contributed by atoms with Crippen LogP contribution in [-0.2, 0) is 12.8 Å². The highest BCUT2D eigenvalue weighted by Crippen LogP contribution is 2.32. The van der Waals surface area contributed by atoms with Crippen molar-refractivity contribution in [3.8, 4) is 0 Å². The molecule has 0 radical (unpaired) electrons. The van der Waals surface area contributed by atoms with Gasteiger partial charge in [0.15, 0.2) is 0 Å². The molecule has 1 aromatic rings. The molecule has 0 heteroatoms.